The summed E-state index contributed by atoms with van der Waals surface area (Å²) in [4.78, 5) is 11.5. The predicted octanol–water partition coefficient (Wildman–Crippen LogP) is 3.07. The van der Waals surface area contributed by atoms with Crippen molar-refractivity contribution in [1.82, 2.24) is 0 Å². The molecule has 72 valence electrons. The van der Waals surface area contributed by atoms with Gasteiger partial charge >= 0.3 is 0 Å². The summed E-state index contributed by atoms with van der Waals surface area (Å²) in [5.74, 6) is 0.578. The zero-order valence-corrected chi connectivity index (χ0v) is 8.36. The molecule has 0 radical (unpaired) electrons. The van der Waals surface area contributed by atoms with Crippen LogP contribution in [0.5, 0.6) is 0 Å². The monoisotopic (exact) mass is 186 g/mol. The van der Waals surface area contributed by atoms with Crippen LogP contribution < -0.4 is 0 Å². The highest BCUT2D eigenvalue weighted by Gasteiger charge is 2.19. The van der Waals surface area contributed by atoms with Crippen LogP contribution in [0.4, 0.5) is 0 Å². The van der Waals surface area contributed by atoms with Gasteiger partial charge in [-0.2, -0.15) is 0 Å². The fraction of sp³-hybridized carbons (Fsp3) is 0.308. The minimum absolute atomic E-state index is 0.211. The maximum atomic E-state index is 11.5. The second-order valence-corrected chi connectivity index (χ2v) is 3.88. The van der Waals surface area contributed by atoms with Crippen molar-refractivity contribution in [3.63, 3.8) is 0 Å². The molecule has 14 heavy (non-hydrogen) atoms. The molecule has 1 nitrogen and oxygen atoms in total. The van der Waals surface area contributed by atoms with Gasteiger partial charge < -0.3 is 0 Å². The largest absolute Gasteiger partial charge is 0.299 e. The van der Waals surface area contributed by atoms with Gasteiger partial charge in [-0.15, -0.1) is 0 Å². The highest BCUT2D eigenvalue weighted by Crippen LogP contribution is 2.27. The first-order chi connectivity index (χ1) is 6.77. The van der Waals surface area contributed by atoms with Gasteiger partial charge in [-0.25, -0.2) is 0 Å². The van der Waals surface area contributed by atoms with Gasteiger partial charge in [-0.1, -0.05) is 43.3 Å². The summed E-state index contributed by atoms with van der Waals surface area (Å²) < 4.78 is 0. The SMILES string of the molecule is CC1CC=C(c2ccccc2)CC1=O. The molecule has 1 aliphatic rings. The molecule has 0 bridgehead atoms. The van der Waals surface area contributed by atoms with E-state index in [2.05, 4.69) is 18.2 Å². The van der Waals surface area contributed by atoms with Crippen molar-refractivity contribution in [3.8, 4) is 0 Å². The van der Waals surface area contributed by atoms with Gasteiger partial charge in [0, 0.05) is 12.3 Å². The van der Waals surface area contributed by atoms with E-state index in [1.807, 2.05) is 25.1 Å². The molecule has 0 aromatic heterocycles. The van der Waals surface area contributed by atoms with Crippen LogP contribution in [0.15, 0.2) is 36.4 Å². The highest BCUT2D eigenvalue weighted by atomic mass is 16.1. The van der Waals surface area contributed by atoms with Crippen LogP contribution in [-0.2, 0) is 4.79 Å². The lowest BCUT2D eigenvalue weighted by Crippen LogP contribution is -2.14. The molecule has 0 N–H and O–H groups in total. The molecular formula is C13H14O. The number of ketones is 1. The third-order valence-corrected chi connectivity index (χ3v) is 2.78. The Labute approximate surface area is 84.5 Å². The Morgan fingerprint density at radius 2 is 1.93 bits per heavy atom. The van der Waals surface area contributed by atoms with E-state index in [4.69, 9.17) is 0 Å². The number of hydrogen-bond acceptors (Lipinski definition) is 1. The molecule has 0 saturated carbocycles. The number of carbonyl (C=O) groups is 1. The number of benzene rings is 1. The smallest absolute Gasteiger partial charge is 0.140 e. The van der Waals surface area contributed by atoms with E-state index in [1.54, 1.807) is 0 Å². The minimum Gasteiger partial charge on any atom is -0.299 e. The summed E-state index contributed by atoms with van der Waals surface area (Å²) in [5, 5.41) is 0. The van der Waals surface area contributed by atoms with Gasteiger partial charge in [0.25, 0.3) is 0 Å². The van der Waals surface area contributed by atoms with Crippen LogP contribution in [0.25, 0.3) is 5.57 Å². The molecule has 1 unspecified atom stereocenters. The van der Waals surface area contributed by atoms with E-state index in [0.29, 0.717) is 12.2 Å². The zero-order chi connectivity index (χ0) is 9.97. The first-order valence-corrected chi connectivity index (χ1v) is 5.04. The Bertz CT molecular complexity index is 362. The van der Waals surface area contributed by atoms with E-state index in [1.165, 1.54) is 11.1 Å². The quantitative estimate of drug-likeness (QED) is 0.658. The summed E-state index contributed by atoms with van der Waals surface area (Å²) in [6.45, 7) is 2.00. The lowest BCUT2D eigenvalue weighted by molar-refractivity contribution is -0.121. The van der Waals surface area contributed by atoms with Crippen molar-refractivity contribution in [3.05, 3.63) is 42.0 Å². The van der Waals surface area contributed by atoms with E-state index >= 15 is 0 Å². The Morgan fingerprint density at radius 1 is 1.21 bits per heavy atom. The summed E-state index contributed by atoms with van der Waals surface area (Å²) in [6.07, 6.45) is 3.69. The molecule has 0 saturated heterocycles. The molecule has 0 fully saturated rings. The number of hydrogen-bond donors (Lipinski definition) is 0. The topological polar surface area (TPSA) is 17.1 Å². The van der Waals surface area contributed by atoms with Crippen molar-refractivity contribution < 1.29 is 4.79 Å². The highest BCUT2D eigenvalue weighted by molar-refractivity contribution is 5.93. The number of allylic oxidation sites excluding steroid dienone is 2. The van der Waals surface area contributed by atoms with Gasteiger partial charge in [0.2, 0.25) is 0 Å². The van der Waals surface area contributed by atoms with Gasteiger partial charge in [-0.05, 0) is 17.6 Å². The molecule has 1 aromatic carbocycles. The lowest BCUT2D eigenvalue weighted by atomic mass is 9.87. The standard InChI is InChI=1S/C13H14O/c1-10-7-8-12(9-13(10)14)11-5-3-2-4-6-11/h2-6,8,10H,7,9H2,1H3. The third kappa shape index (κ3) is 1.77. The summed E-state index contributed by atoms with van der Waals surface area (Å²) in [6, 6.07) is 10.2. The summed E-state index contributed by atoms with van der Waals surface area (Å²) in [7, 11) is 0. The normalized spacial score (nSPS) is 21.9. The molecule has 1 aromatic rings. The second-order valence-electron chi connectivity index (χ2n) is 3.88. The first kappa shape index (κ1) is 9.20. The maximum Gasteiger partial charge on any atom is 0.140 e. The Balaban J connectivity index is 2.25. The maximum absolute atomic E-state index is 11.5. The number of carbonyl (C=O) groups excluding carboxylic acids is 1. The lowest BCUT2D eigenvalue weighted by Gasteiger charge is -2.17. The molecular weight excluding hydrogens is 172 g/mol. The van der Waals surface area contributed by atoms with E-state index in [9.17, 15) is 4.79 Å². The van der Waals surface area contributed by atoms with Gasteiger partial charge in [0.15, 0.2) is 0 Å². The van der Waals surface area contributed by atoms with E-state index in [0.717, 1.165) is 6.42 Å². The van der Waals surface area contributed by atoms with Crippen LogP contribution in [0.3, 0.4) is 0 Å². The Kier molecular flexibility index (Phi) is 2.49. The minimum atomic E-state index is 0.211. The zero-order valence-electron chi connectivity index (χ0n) is 8.36. The second kappa shape index (κ2) is 3.79. The van der Waals surface area contributed by atoms with Crippen molar-refractivity contribution in [1.29, 1.82) is 0 Å². The van der Waals surface area contributed by atoms with Crippen LogP contribution in [0, 0.1) is 5.92 Å². The van der Waals surface area contributed by atoms with Crippen LogP contribution >= 0.6 is 0 Å². The van der Waals surface area contributed by atoms with Crippen molar-refractivity contribution in [2.75, 3.05) is 0 Å². The fourth-order valence-corrected chi connectivity index (χ4v) is 1.76. The van der Waals surface area contributed by atoms with Crippen molar-refractivity contribution in [2.45, 2.75) is 19.8 Å². The van der Waals surface area contributed by atoms with Crippen molar-refractivity contribution in [2.24, 2.45) is 5.92 Å². The summed E-state index contributed by atoms with van der Waals surface area (Å²) >= 11 is 0. The molecule has 0 spiro atoms. The van der Waals surface area contributed by atoms with Crippen LogP contribution in [-0.4, -0.2) is 5.78 Å². The van der Waals surface area contributed by atoms with Gasteiger partial charge in [-0.3, -0.25) is 4.79 Å². The Hall–Kier alpha value is -1.37. The molecule has 0 heterocycles. The molecule has 1 aliphatic carbocycles. The van der Waals surface area contributed by atoms with Gasteiger partial charge in [0.05, 0.1) is 0 Å². The average molecular weight is 186 g/mol. The Morgan fingerprint density at radius 3 is 2.57 bits per heavy atom. The number of rotatable bonds is 1. The third-order valence-electron chi connectivity index (χ3n) is 2.78. The molecule has 1 atom stereocenters. The summed E-state index contributed by atoms with van der Waals surface area (Å²) in [5.41, 5.74) is 2.38. The molecule has 2 rings (SSSR count). The average Bonchev–Trinajstić information content (AvgIpc) is 2.23. The van der Waals surface area contributed by atoms with E-state index in [-0.39, 0.29) is 5.92 Å². The fourth-order valence-electron chi connectivity index (χ4n) is 1.76. The number of Topliss-reactive ketones (excluding diaryl/α,β-unsaturated/α-hetero) is 1. The first-order valence-electron chi connectivity index (χ1n) is 5.04. The van der Waals surface area contributed by atoms with E-state index < -0.39 is 0 Å². The van der Waals surface area contributed by atoms with Gasteiger partial charge in [0.1, 0.15) is 5.78 Å². The predicted molar refractivity (Wildman–Crippen MR) is 57.8 cm³/mol. The van der Waals surface area contributed by atoms with Crippen molar-refractivity contribution >= 4 is 11.4 Å². The molecule has 0 amide bonds. The van der Waals surface area contributed by atoms with Crippen LogP contribution in [0.2, 0.25) is 0 Å². The molecule has 0 aliphatic heterocycles. The van der Waals surface area contributed by atoms with Crippen LogP contribution in [0.1, 0.15) is 25.3 Å². The molecule has 1 heteroatoms.